The Morgan fingerprint density at radius 2 is 1.89 bits per heavy atom. The third-order valence-electron chi connectivity index (χ3n) is 1.14. The predicted octanol–water partition coefficient (Wildman–Crippen LogP) is 3.20. The van der Waals surface area contributed by atoms with Crippen molar-refractivity contribution in [2.75, 3.05) is 0 Å². The van der Waals surface area contributed by atoms with Crippen LogP contribution in [-0.2, 0) is 0 Å². The summed E-state index contributed by atoms with van der Waals surface area (Å²) >= 11 is 4.70. The highest BCUT2D eigenvalue weighted by Crippen LogP contribution is 2.17. The Bertz CT molecular complexity index is 198. The molecule has 0 nitrogen and oxygen atoms in total. The van der Waals surface area contributed by atoms with Crippen molar-refractivity contribution in [2.24, 2.45) is 0 Å². The van der Waals surface area contributed by atoms with Crippen LogP contribution in [0.2, 0.25) is 0 Å². The second kappa shape index (κ2) is 3.18. The lowest BCUT2D eigenvalue weighted by molar-refractivity contribution is 1.40. The molecule has 0 radical (unpaired) electrons. The molecule has 0 aliphatic rings. The standard InChI is InChI=1S/C7H6I2/c1-5-3-2-4-6(8)7(5)9/h2-4H,1H3. The zero-order valence-electron chi connectivity index (χ0n) is 4.99. The van der Waals surface area contributed by atoms with Gasteiger partial charge in [0.15, 0.2) is 0 Å². The van der Waals surface area contributed by atoms with Gasteiger partial charge in [-0.25, -0.2) is 0 Å². The van der Waals surface area contributed by atoms with Gasteiger partial charge in [-0.3, -0.25) is 0 Å². The smallest absolute Gasteiger partial charge is 0.0293 e. The highest BCUT2D eigenvalue weighted by atomic mass is 127. The number of benzene rings is 1. The summed E-state index contributed by atoms with van der Waals surface area (Å²) in [4.78, 5) is 0. The molecule has 0 amide bonds. The van der Waals surface area contributed by atoms with E-state index in [1.54, 1.807) is 0 Å². The molecule has 0 heterocycles. The van der Waals surface area contributed by atoms with Crippen LogP contribution in [0, 0.1) is 14.1 Å². The summed E-state index contributed by atoms with van der Waals surface area (Å²) in [6.07, 6.45) is 0. The van der Waals surface area contributed by atoms with Crippen LogP contribution in [0.1, 0.15) is 5.56 Å². The van der Waals surface area contributed by atoms with Gasteiger partial charge in [-0.1, -0.05) is 12.1 Å². The quantitative estimate of drug-likeness (QED) is 0.635. The largest absolute Gasteiger partial charge is 0.0609 e. The zero-order chi connectivity index (χ0) is 6.85. The first-order valence-electron chi connectivity index (χ1n) is 2.62. The minimum absolute atomic E-state index is 1.34. The first-order valence-corrected chi connectivity index (χ1v) is 4.78. The molecule has 1 aromatic rings. The minimum Gasteiger partial charge on any atom is -0.0609 e. The van der Waals surface area contributed by atoms with Crippen LogP contribution in [0.3, 0.4) is 0 Å². The summed E-state index contributed by atoms with van der Waals surface area (Å²) in [5, 5.41) is 0. The molecule has 0 unspecified atom stereocenters. The van der Waals surface area contributed by atoms with E-state index in [1.165, 1.54) is 12.7 Å². The van der Waals surface area contributed by atoms with E-state index in [0.29, 0.717) is 0 Å². The van der Waals surface area contributed by atoms with E-state index in [9.17, 15) is 0 Å². The van der Waals surface area contributed by atoms with Gasteiger partial charge in [0, 0.05) is 7.14 Å². The van der Waals surface area contributed by atoms with Crippen LogP contribution in [0.5, 0.6) is 0 Å². The minimum atomic E-state index is 1.34. The summed E-state index contributed by atoms with van der Waals surface area (Å²) in [5.41, 5.74) is 1.36. The van der Waals surface area contributed by atoms with Crippen molar-refractivity contribution >= 4 is 45.2 Å². The second-order valence-corrected chi connectivity index (χ2v) is 4.11. The van der Waals surface area contributed by atoms with Gasteiger partial charge < -0.3 is 0 Å². The monoisotopic (exact) mass is 344 g/mol. The fourth-order valence-electron chi connectivity index (χ4n) is 0.612. The molecule has 1 rings (SSSR count). The maximum Gasteiger partial charge on any atom is 0.0293 e. The number of hydrogen-bond acceptors (Lipinski definition) is 0. The van der Waals surface area contributed by atoms with Crippen LogP contribution >= 0.6 is 45.2 Å². The second-order valence-electron chi connectivity index (χ2n) is 1.87. The Hall–Kier alpha value is 0.680. The molecule has 0 aromatic heterocycles. The molecule has 0 aliphatic heterocycles. The molecule has 0 saturated heterocycles. The average molecular weight is 344 g/mol. The van der Waals surface area contributed by atoms with E-state index in [0.717, 1.165) is 0 Å². The molecule has 9 heavy (non-hydrogen) atoms. The Morgan fingerprint density at radius 1 is 1.22 bits per heavy atom. The molecule has 2 heteroatoms. The van der Waals surface area contributed by atoms with Gasteiger partial charge in [-0.05, 0) is 63.7 Å². The maximum absolute atomic E-state index is 2.36. The van der Waals surface area contributed by atoms with Crippen molar-refractivity contribution in [1.82, 2.24) is 0 Å². The molecule has 48 valence electrons. The molecule has 0 aliphatic carbocycles. The molecule has 1 aromatic carbocycles. The third kappa shape index (κ3) is 1.80. The van der Waals surface area contributed by atoms with Crippen molar-refractivity contribution in [2.45, 2.75) is 6.92 Å². The topological polar surface area (TPSA) is 0 Å². The molecule has 0 fully saturated rings. The van der Waals surface area contributed by atoms with E-state index >= 15 is 0 Å². The zero-order valence-corrected chi connectivity index (χ0v) is 9.30. The molecular formula is C7H6I2. The lowest BCUT2D eigenvalue weighted by Crippen LogP contribution is -1.81. The van der Waals surface area contributed by atoms with Crippen LogP contribution in [-0.4, -0.2) is 0 Å². The normalized spacial score (nSPS) is 9.67. The highest BCUT2D eigenvalue weighted by molar-refractivity contribution is 14.1. The fraction of sp³-hybridized carbons (Fsp3) is 0.143. The number of aryl methyl sites for hydroxylation is 1. The van der Waals surface area contributed by atoms with E-state index in [-0.39, 0.29) is 0 Å². The number of halogens is 2. The molecule has 0 N–H and O–H groups in total. The maximum atomic E-state index is 2.36. The molecule has 0 spiro atoms. The van der Waals surface area contributed by atoms with E-state index in [2.05, 4.69) is 70.3 Å². The molecule has 0 saturated carbocycles. The van der Waals surface area contributed by atoms with Crippen molar-refractivity contribution in [3.63, 3.8) is 0 Å². The fourth-order valence-corrected chi connectivity index (χ4v) is 1.60. The van der Waals surface area contributed by atoms with E-state index in [4.69, 9.17) is 0 Å². The van der Waals surface area contributed by atoms with Crippen molar-refractivity contribution in [1.29, 1.82) is 0 Å². The van der Waals surface area contributed by atoms with Gasteiger partial charge in [0.05, 0.1) is 0 Å². The number of hydrogen-bond donors (Lipinski definition) is 0. The molecule has 0 atom stereocenters. The predicted molar refractivity (Wildman–Crippen MR) is 56.6 cm³/mol. The van der Waals surface area contributed by atoms with Gasteiger partial charge in [0.2, 0.25) is 0 Å². The lowest BCUT2D eigenvalue weighted by atomic mass is 10.2. The van der Waals surface area contributed by atoms with E-state index in [1.807, 2.05) is 0 Å². The number of rotatable bonds is 0. The molecular weight excluding hydrogens is 338 g/mol. The van der Waals surface area contributed by atoms with Gasteiger partial charge in [0.25, 0.3) is 0 Å². The van der Waals surface area contributed by atoms with Crippen LogP contribution in [0.4, 0.5) is 0 Å². The Kier molecular flexibility index (Phi) is 2.75. The van der Waals surface area contributed by atoms with Gasteiger partial charge >= 0.3 is 0 Å². The Morgan fingerprint density at radius 3 is 2.33 bits per heavy atom. The van der Waals surface area contributed by atoms with Gasteiger partial charge in [-0.15, -0.1) is 0 Å². The van der Waals surface area contributed by atoms with Crippen LogP contribution < -0.4 is 0 Å². The highest BCUT2D eigenvalue weighted by Gasteiger charge is 1.95. The Labute approximate surface area is 82.3 Å². The summed E-state index contributed by atoms with van der Waals surface area (Å²) in [7, 11) is 0. The first kappa shape index (κ1) is 7.78. The first-order chi connectivity index (χ1) is 4.22. The lowest BCUT2D eigenvalue weighted by Gasteiger charge is -1.97. The average Bonchev–Trinajstić information content (AvgIpc) is 1.83. The van der Waals surface area contributed by atoms with Crippen molar-refractivity contribution in [3.05, 3.63) is 30.9 Å². The summed E-state index contributed by atoms with van der Waals surface area (Å²) in [5.74, 6) is 0. The van der Waals surface area contributed by atoms with Crippen molar-refractivity contribution in [3.8, 4) is 0 Å². The van der Waals surface area contributed by atoms with Crippen LogP contribution in [0.25, 0.3) is 0 Å². The van der Waals surface area contributed by atoms with E-state index < -0.39 is 0 Å². The Balaban J connectivity index is 3.25. The van der Waals surface area contributed by atoms with Gasteiger partial charge in [-0.2, -0.15) is 0 Å². The summed E-state index contributed by atoms with van der Waals surface area (Å²) in [6, 6.07) is 6.33. The van der Waals surface area contributed by atoms with Crippen LogP contribution in [0.15, 0.2) is 18.2 Å². The molecule has 0 bridgehead atoms. The summed E-state index contributed by atoms with van der Waals surface area (Å²) in [6.45, 7) is 2.13. The SMILES string of the molecule is Cc1cccc(I)c1I. The third-order valence-corrected chi connectivity index (χ3v) is 4.51. The van der Waals surface area contributed by atoms with Gasteiger partial charge in [0.1, 0.15) is 0 Å². The van der Waals surface area contributed by atoms with Crippen molar-refractivity contribution < 1.29 is 0 Å². The summed E-state index contributed by atoms with van der Waals surface area (Å²) < 4.78 is 2.71.